The Morgan fingerprint density at radius 1 is 1.38 bits per heavy atom. The quantitative estimate of drug-likeness (QED) is 0.287. The highest BCUT2D eigenvalue weighted by atomic mass is 32.2. The van der Waals surface area contributed by atoms with Gasteiger partial charge in [0.1, 0.15) is 5.82 Å². The molecule has 1 aromatic carbocycles. The van der Waals surface area contributed by atoms with E-state index in [1.54, 1.807) is 11.8 Å². The number of benzene rings is 1. The zero-order valence-electron chi connectivity index (χ0n) is 16.6. The molecular weight excluding hydrogens is 394 g/mol. The summed E-state index contributed by atoms with van der Waals surface area (Å²) in [5, 5.41) is 23.5. The van der Waals surface area contributed by atoms with Crippen molar-refractivity contribution in [1.29, 1.82) is 0 Å². The normalized spacial score (nSPS) is 14.1. The summed E-state index contributed by atoms with van der Waals surface area (Å²) in [5.41, 5.74) is 0.00528. The zero-order chi connectivity index (χ0) is 20.8. The third-order valence-electron chi connectivity index (χ3n) is 5.11. The maximum absolute atomic E-state index is 12.3. The number of nitrogens with zero attached hydrogens (tertiary/aromatic N) is 4. The number of aromatic nitrogens is 3. The summed E-state index contributed by atoms with van der Waals surface area (Å²) in [4.78, 5) is 22.9. The van der Waals surface area contributed by atoms with E-state index in [1.807, 2.05) is 6.26 Å². The molecule has 1 heterocycles. The minimum atomic E-state index is -0.561. The van der Waals surface area contributed by atoms with Crippen molar-refractivity contribution in [3.63, 3.8) is 0 Å². The van der Waals surface area contributed by atoms with Crippen LogP contribution in [0.3, 0.4) is 0 Å². The fraction of sp³-hybridized carbons (Fsp3) is 0.526. The Balaban J connectivity index is 1.57. The number of thioether (sulfide) groups is 1. The van der Waals surface area contributed by atoms with E-state index in [9.17, 15) is 14.9 Å². The van der Waals surface area contributed by atoms with Crippen molar-refractivity contribution in [3.05, 3.63) is 39.7 Å². The van der Waals surface area contributed by atoms with Gasteiger partial charge in [-0.1, -0.05) is 24.6 Å². The molecule has 156 valence electrons. The predicted octanol–water partition coefficient (Wildman–Crippen LogP) is 3.39. The fourth-order valence-electron chi connectivity index (χ4n) is 3.67. The van der Waals surface area contributed by atoms with E-state index in [0.29, 0.717) is 25.4 Å². The first-order chi connectivity index (χ1) is 14.0. The average Bonchev–Trinajstić information content (AvgIpc) is 3.39. The molecule has 0 saturated heterocycles. The van der Waals surface area contributed by atoms with E-state index in [1.165, 1.54) is 38.2 Å². The molecule has 1 aromatic heterocycles. The molecule has 0 spiro atoms. The van der Waals surface area contributed by atoms with Crippen LogP contribution in [0.5, 0.6) is 5.75 Å². The number of hydrogen-bond acceptors (Lipinski definition) is 7. The van der Waals surface area contributed by atoms with E-state index in [2.05, 4.69) is 20.1 Å². The Hall–Kier alpha value is -2.62. The van der Waals surface area contributed by atoms with Crippen molar-refractivity contribution in [2.75, 3.05) is 19.9 Å². The van der Waals surface area contributed by atoms with Gasteiger partial charge in [0.25, 0.3) is 5.91 Å². The lowest BCUT2D eigenvalue weighted by molar-refractivity contribution is -0.385. The number of nitro groups is 1. The summed E-state index contributed by atoms with van der Waals surface area (Å²) in [6.07, 6.45) is 8.22. The largest absolute Gasteiger partial charge is 0.490 e. The second-order valence-electron chi connectivity index (χ2n) is 6.91. The van der Waals surface area contributed by atoms with Gasteiger partial charge in [-0.2, -0.15) is 0 Å². The topological polar surface area (TPSA) is 112 Å². The molecule has 1 amide bonds. The highest BCUT2D eigenvalue weighted by Crippen LogP contribution is 2.33. The third kappa shape index (κ3) is 4.87. The molecule has 1 aliphatic rings. The van der Waals surface area contributed by atoms with Crippen LogP contribution in [0, 0.1) is 10.1 Å². The Kier molecular flexibility index (Phi) is 7.08. The molecule has 9 nitrogen and oxygen atoms in total. The highest BCUT2D eigenvalue weighted by molar-refractivity contribution is 7.98. The summed E-state index contributed by atoms with van der Waals surface area (Å²) >= 11 is 1.61. The summed E-state index contributed by atoms with van der Waals surface area (Å²) in [7, 11) is 1.36. The molecule has 0 atom stereocenters. The lowest BCUT2D eigenvalue weighted by atomic mass is 10.1. The molecule has 3 rings (SSSR count). The average molecular weight is 420 g/mol. The fourth-order valence-corrected chi connectivity index (χ4v) is 4.24. The first-order valence-electron chi connectivity index (χ1n) is 9.63. The number of nitro benzene ring substituents is 1. The van der Waals surface area contributed by atoms with Crippen LogP contribution in [0.25, 0.3) is 0 Å². The van der Waals surface area contributed by atoms with Crippen molar-refractivity contribution >= 4 is 23.4 Å². The lowest BCUT2D eigenvalue weighted by Crippen LogP contribution is -2.25. The number of aryl methyl sites for hydroxylation is 1. The van der Waals surface area contributed by atoms with Crippen LogP contribution in [0.1, 0.15) is 54.3 Å². The van der Waals surface area contributed by atoms with E-state index in [-0.39, 0.29) is 22.9 Å². The van der Waals surface area contributed by atoms with Gasteiger partial charge in [0.2, 0.25) is 0 Å². The zero-order valence-corrected chi connectivity index (χ0v) is 17.4. The summed E-state index contributed by atoms with van der Waals surface area (Å²) in [5.74, 6) is 0.732. The van der Waals surface area contributed by atoms with Crippen LogP contribution in [-0.4, -0.2) is 45.5 Å². The first-order valence-corrected chi connectivity index (χ1v) is 10.9. The van der Waals surface area contributed by atoms with Crippen LogP contribution < -0.4 is 10.1 Å². The van der Waals surface area contributed by atoms with Crippen molar-refractivity contribution < 1.29 is 14.5 Å². The predicted molar refractivity (Wildman–Crippen MR) is 110 cm³/mol. The van der Waals surface area contributed by atoms with Gasteiger partial charge in [-0.3, -0.25) is 14.9 Å². The number of rotatable bonds is 9. The second-order valence-corrected chi connectivity index (χ2v) is 7.69. The van der Waals surface area contributed by atoms with Gasteiger partial charge in [-0.25, -0.2) is 0 Å². The Labute approximate surface area is 173 Å². The minimum absolute atomic E-state index is 0.127. The van der Waals surface area contributed by atoms with Crippen molar-refractivity contribution in [1.82, 2.24) is 20.1 Å². The van der Waals surface area contributed by atoms with Gasteiger partial charge in [0.15, 0.2) is 10.9 Å². The molecule has 1 N–H and O–H groups in total. The van der Waals surface area contributed by atoms with E-state index < -0.39 is 4.92 Å². The first kappa shape index (κ1) is 21.1. The van der Waals surface area contributed by atoms with Gasteiger partial charge in [-0.15, -0.1) is 10.2 Å². The van der Waals surface area contributed by atoms with Crippen LogP contribution in [0.4, 0.5) is 5.69 Å². The molecule has 0 aliphatic heterocycles. The highest BCUT2D eigenvalue weighted by Gasteiger charge is 2.23. The molecular formula is C19H25N5O4S. The standard InChI is InChI=1S/C19H25N5O4S/c1-28-16-10-9-13(12-15(16)24(26)27)18(25)20-11-5-8-17-21-22-19(29-2)23(17)14-6-3-4-7-14/h9-10,12,14H,3-8,11H2,1-2H3,(H,20,25). The van der Waals surface area contributed by atoms with Crippen molar-refractivity contribution in [2.45, 2.75) is 49.7 Å². The smallest absolute Gasteiger partial charge is 0.311 e. The third-order valence-corrected chi connectivity index (χ3v) is 5.75. The molecule has 1 saturated carbocycles. The van der Waals surface area contributed by atoms with Gasteiger partial charge in [0.05, 0.1) is 12.0 Å². The lowest BCUT2D eigenvalue weighted by Gasteiger charge is -2.16. The van der Waals surface area contributed by atoms with Crippen molar-refractivity contribution in [2.24, 2.45) is 0 Å². The van der Waals surface area contributed by atoms with E-state index in [0.717, 1.165) is 23.8 Å². The molecule has 10 heteroatoms. The molecule has 2 aromatic rings. The van der Waals surface area contributed by atoms with Crippen LogP contribution in [-0.2, 0) is 6.42 Å². The van der Waals surface area contributed by atoms with Crippen molar-refractivity contribution in [3.8, 4) is 5.75 Å². The molecule has 29 heavy (non-hydrogen) atoms. The van der Waals surface area contributed by atoms with E-state index in [4.69, 9.17) is 4.74 Å². The van der Waals surface area contributed by atoms with Crippen LogP contribution in [0.2, 0.25) is 0 Å². The Morgan fingerprint density at radius 3 is 2.79 bits per heavy atom. The van der Waals surface area contributed by atoms with Gasteiger partial charge >= 0.3 is 5.69 Å². The number of ether oxygens (including phenoxy) is 1. The SMILES string of the molecule is COc1ccc(C(=O)NCCCc2nnc(SC)n2C2CCCC2)cc1[N+](=O)[O-]. The monoisotopic (exact) mass is 419 g/mol. The minimum Gasteiger partial charge on any atom is -0.490 e. The number of carbonyl (C=O) groups is 1. The number of methoxy groups -OCH3 is 1. The summed E-state index contributed by atoms with van der Waals surface area (Å²) < 4.78 is 7.22. The molecule has 0 bridgehead atoms. The summed E-state index contributed by atoms with van der Waals surface area (Å²) in [6.45, 7) is 0.449. The van der Waals surface area contributed by atoms with Gasteiger partial charge in [0, 0.05) is 30.6 Å². The number of nitrogens with one attached hydrogen (secondary N) is 1. The summed E-state index contributed by atoms with van der Waals surface area (Å²) in [6, 6.07) is 4.65. The maximum Gasteiger partial charge on any atom is 0.311 e. The number of amides is 1. The molecule has 0 unspecified atom stereocenters. The van der Waals surface area contributed by atoms with Crippen LogP contribution in [0.15, 0.2) is 23.4 Å². The van der Waals surface area contributed by atoms with Crippen LogP contribution >= 0.6 is 11.8 Å². The maximum atomic E-state index is 12.3. The van der Waals surface area contributed by atoms with Gasteiger partial charge < -0.3 is 14.6 Å². The molecule has 0 radical (unpaired) electrons. The second kappa shape index (κ2) is 9.73. The molecule has 1 fully saturated rings. The number of carbonyl (C=O) groups excluding carboxylic acids is 1. The molecule has 1 aliphatic carbocycles. The van der Waals surface area contributed by atoms with Gasteiger partial charge in [-0.05, 0) is 37.7 Å². The Morgan fingerprint density at radius 2 is 2.14 bits per heavy atom. The Bertz CT molecular complexity index is 879. The van der Waals surface area contributed by atoms with E-state index >= 15 is 0 Å². The number of hydrogen-bond donors (Lipinski definition) is 1.